The standard InChI is InChI=1S/C14H29N3OS/c1-12(2)11-17-9-6-13(7-10-17)16(3)14(18)5-4-8-15-19/h12-13,15,19H,4-11H2,1-3H3. The molecule has 0 saturated carbocycles. The van der Waals surface area contributed by atoms with Crippen LogP contribution in [0.25, 0.3) is 0 Å². The highest BCUT2D eigenvalue weighted by Crippen LogP contribution is 2.17. The van der Waals surface area contributed by atoms with Crippen molar-refractivity contribution in [3.05, 3.63) is 0 Å². The first kappa shape index (κ1) is 16.8. The van der Waals surface area contributed by atoms with Crippen LogP contribution in [0.5, 0.6) is 0 Å². The Kier molecular flexibility index (Phi) is 7.80. The van der Waals surface area contributed by atoms with E-state index in [9.17, 15) is 4.79 Å². The molecule has 1 aliphatic rings. The quantitative estimate of drug-likeness (QED) is 0.553. The molecule has 0 unspecified atom stereocenters. The van der Waals surface area contributed by atoms with Crippen LogP contribution < -0.4 is 4.72 Å². The lowest BCUT2D eigenvalue weighted by Gasteiger charge is -2.37. The van der Waals surface area contributed by atoms with Crippen LogP contribution >= 0.6 is 12.8 Å². The number of hydrogen-bond acceptors (Lipinski definition) is 4. The fourth-order valence-corrected chi connectivity index (χ4v) is 2.86. The predicted octanol–water partition coefficient (Wildman–Crippen LogP) is 1.78. The Bertz CT molecular complexity index is 265. The van der Waals surface area contributed by atoms with Crippen molar-refractivity contribution in [1.29, 1.82) is 0 Å². The molecule has 1 fully saturated rings. The van der Waals surface area contributed by atoms with Gasteiger partial charge in [-0.05, 0) is 25.2 Å². The van der Waals surface area contributed by atoms with Crippen LogP contribution in [0.2, 0.25) is 0 Å². The molecule has 0 aromatic heterocycles. The molecule has 1 saturated heterocycles. The highest BCUT2D eigenvalue weighted by molar-refractivity contribution is 7.78. The van der Waals surface area contributed by atoms with Gasteiger partial charge in [0.25, 0.3) is 0 Å². The second kappa shape index (κ2) is 8.82. The van der Waals surface area contributed by atoms with Gasteiger partial charge in [-0.3, -0.25) is 9.52 Å². The van der Waals surface area contributed by atoms with Gasteiger partial charge in [0.2, 0.25) is 5.91 Å². The molecule has 0 aromatic rings. The first-order valence-electron chi connectivity index (χ1n) is 7.39. The van der Waals surface area contributed by atoms with Gasteiger partial charge in [-0.25, -0.2) is 0 Å². The smallest absolute Gasteiger partial charge is 0.222 e. The van der Waals surface area contributed by atoms with Crippen LogP contribution in [-0.2, 0) is 4.79 Å². The van der Waals surface area contributed by atoms with E-state index in [1.165, 1.54) is 6.54 Å². The third-order valence-electron chi connectivity index (χ3n) is 3.80. The van der Waals surface area contributed by atoms with Gasteiger partial charge in [-0.1, -0.05) is 26.7 Å². The van der Waals surface area contributed by atoms with Crippen molar-refractivity contribution in [3.63, 3.8) is 0 Å². The van der Waals surface area contributed by atoms with Crippen LogP contribution in [0.3, 0.4) is 0 Å². The van der Waals surface area contributed by atoms with Crippen LogP contribution in [0, 0.1) is 5.92 Å². The number of carbonyl (C=O) groups excluding carboxylic acids is 1. The monoisotopic (exact) mass is 287 g/mol. The summed E-state index contributed by atoms with van der Waals surface area (Å²) in [7, 11) is 1.96. The van der Waals surface area contributed by atoms with E-state index in [1.807, 2.05) is 11.9 Å². The third kappa shape index (κ3) is 6.15. The molecule has 0 aliphatic carbocycles. The summed E-state index contributed by atoms with van der Waals surface area (Å²) < 4.78 is 2.78. The molecule has 19 heavy (non-hydrogen) atoms. The first-order valence-corrected chi connectivity index (χ1v) is 7.84. The molecule has 5 heteroatoms. The molecule has 0 spiro atoms. The molecule has 1 rings (SSSR count). The second-order valence-electron chi connectivity index (χ2n) is 5.94. The minimum Gasteiger partial charge on any atom is -0.343 e. The van der Waals surface area contributed by atoms with Crippen molar-refractivity contribution in [2.45, 2.75) is 45.6 Å². The number of thiol groups is 1. The molecule has 112 valence electrons. The number of hydrogen-bond donors (Lipinski definition) is 2. The molecule has 1 aliphatic heterocycles. The Labute approximate surface area is 123 Å². The van der Waals surface area contributed by atoms with Crippen molar-refractivity contribution in [3.8, 4) is 0 Å². The summed E-state index contributed by atoms with van der Waals surface area (Å²) in [6, 6.07) is 0.430. The van der Waals surface area contributed by atoms with E-state index in [-0.39, 0.29) is 5.91 Å². The summed E-state index contributed by atoms with van der Waals surface area (Å²) in [6.07, 6.45) is 3.70. The number of nitrogens with zero attached hydrogens (tertiary/aromatic N) is 2. The zero-order valence-electron chi connectivity index (χ0n) is 12.6. The molecule has 0 atom stereocenters. The van der Waals surface area contributed by atoms with Gasteiger partial charge in [0.05, 0.1) is 0 Å². The molecule has 1 N–H and O–H groups in total. The van der Waals surface area contributed by atoms with Gasteiger partial charge < -0.3 is 9.80 Å². The Hall–Kier alpha value is -0.260. The molecule has 0 radical (unpaired) electrons. The Morgan fingerprint density at radius 3 is 2.58 bits per heavy atom. The molecule has 0 bridgehead atoms. The third-order valence-corrected chi connectivity index (χ3v) is 4.02. The maximum absolute atomic E-state index is 12.0. The minimum atomic E-state index is 0.269. The fraction of sp³-hybridized carbons (Fsp3) is 0.929. The second-order valence-corrected chi connectivity index (χ2v) is 6.26. The van der Waals surface area contributed by atoms with Crippen molar-refractivity contribution >= 4 is 18.7 Å². The zero-order chi connectivity index (χ0) is 14.3. The van der Waals surface area contributed by atoms with E-state index < -0.39 is 0 Å². The van der Waals surface area contributed by atoms with E-state index in [1.54, 1.807) is 0 Å². The first-order chi connectivity index (χ1) is 9.04. The lowest BCUT2D eigenvalue weighted by Crippen LogP contribution is -2.46. The molecule has 1 amide bonds. The van der Waals surface area contributed by atoms with Gasteiger partial charge in [0.1, 0.15) is 0 Å². The SMILES string of the molecule is CC(C)CN1CCC(N(C)C(=O)CCCNS)CC1. The minimum absolute atomic E-state index is 0.269. The van der Waals surface area contributed by atoms with Gasteiger partial charge in [0.15, 0.2) is 0 Å². The maximum Gasteiger partial charge on any atom is 0.222 e. The van der Waals surface area contributed by atoms with Gasteiger partial charge in [-0.15, -0.1) is 0 Å². The number of carbonyl (C=O) groups is 1. The van der Waals surface area contributed by atoms with Crippen molar-refractivity contribution < 1.29 is 4.79 Å². The number of rotatable bonds is 7. The summed E-state index contributed by atoms with van der Waals surface area (Å²) in [4.78, 5) is 16.5. The number of nitrogens with one attached hydrogen (secondary N) is 1. The summed E-state index contributed by atoms with van der Waals surface area (Å²) >= 11 is 3.93. The van der Waals surface area contributed by atoms with Crippen molar-refractivity contribution in [2.75, 3.05) is 33.2 Å². The van der Waals surface area contributed by atoms with E-state index >= 15 is 0 Å². The summed E-state index contributed by atoms with van der Waals surface area (Å²) in [5.74, 6) is 0.996. The van der Waals surface area contributed by atoms with Crippen LogP contribution in [0.4, 0.5) is 0 Å². The number of amides is 1. The highest BCUT2D eigenvalue weighted by atomic mass is 32.1. The van der Waals surface area contributed by atoms with Gasteiger partial charge in [0, 0.05) is 45.7 Å². The number of piperidine rings is 1. The zero-order valence-corrected chi connectivity index (χ0v) is 13.5. The molecular weight excluding hydrogens is 258 g/mol. The van der Waals surface area contributed by atoms with Crippen molar-refractivity contribution in [2.24, 2.45) is 5.92 Å². The highest BCUT2D eigenvalue weighted by Gasteiger charge is 2.25. The van der Waals surface area contributed by atoms with Gasteiger partial charge in [-0.2, -0.15) is 0 Å². The normalized spacial score (nSPS) is 17.9. The van der Waals surface area contributed by atoms with E-state index in [2.05, 4.69) is 36.3 Å². The molecule has 0 aromatic carbocycles. The summed E-state index contributed by atoms with van der Waals surface area (Å²) in [6.45, 7) is 8.74. The van der Waals surface area contributed by atoms with Crippen LogP contribution in [-0.4, -0.2) is 55.0 Å². The van der Waals surface area contributed by atoms with Gasteiger partial charge >= 0.3 is 0 Å². The van der Waals surface area contributed by atoms with E-state index in [4.69, 9.17) is 0 Å². The Morgan fingerprint density at radius 2 is 2.05 bits per heavy atom. The lowest BCUT2D eigenvalue weighted by atomic mass is 10.0. The molecule has 4 nitrogen and oxygen atoms in total. The summed E-state index contributed by atoms with van der Waals surface area (Å²) in [5, 5.41) is 0. The largest absolute Gasteiger partial charge is 0.343 e. The predicted molar refractivity (Wildman–Crippen MR) is 83.3 cm³/mol. The van der Waals surface area contributed by atoms with E-state index in [0.717, 1.165) is 44.8 Å². The fourth-order valence-electron chi connectivity index (χ4n) is 2.70. The summed E-state index contributed by atoms with van der Waals surface area (Å²) in [5.41, 5.74) is 0. The molecule has 1 heterocycles. The molecular formula is C14H29N3OS. The van der Waals surface area contributed by atoms with Crippen LogP contribution in [0.1, 0.15) is 39.5 Å². The average Bonchev–Trinajstić information content (AvgIpc) is 2.38. The Morgan fingerprint density at radius 1 is 1.42 bits per heavy atom. The topological polar surface area (TPSA) is 35.6 Å². The Balaban J connectivity index is 2.27. The van der Waals surface area contributed by atoms with Crippen molar-refractivity contribution in [1.82, 2.24) is 14.5 Å². The van der Waals surface area contributed by atoms with Crippen LogP contribution in [0.15, 0.2) is 0 Å². The maximum atomic E-state index is 12.0. The number of likely N-dealkylation sites (tertiary alicyclic amines) is 1. The average molecular weight is 287 g/mol. The van der Waals surface area contributed by atoms with E-state index in [0.29, 0.717) is 12.5 Å². The lowest BCUT2D eigenvalue weighted by molar-refractivity contribution is -0.132.